The van der Waals surface area contributed by atoms with Gasteiger partial charge in [-0.3, -0.25) is 14.6 Å². The third-order valence-electron chi connectivity index (χ3n) is 1.61. The number of nitrogens with zero attached hydrogens (tertiary/aromatic N) is 2. The second-order valence-corrected chi connectivity index (χ2v) is 4.47. The number of carboxylic acids is 1. The molecule has 0 fully saturated rings. The van der Waals surface area contributed by atoms with Crippen molar-refractivity contribution in [1.82, 2.24) is 3.71 Å². The van der Waals surface area contributed by atoms with Crippen molar-refractivity contribution in [1.29, 1.82) is 0 Å². The van der Waals surface area contributed by atoms with Gasteiger partial charge in [0.1, 0.15) is 11.7 Å². The fraction of sp³-hybridized carbons (Fsp3) is 0.500. The van der Waals surface area contributed by atoms with Crippen molar-refractivity contribution in [3.8, 4) is 0 Å². The van der Waals surface area contributed by atoms with Crippen LogP contribution in [0.25, 0.3) is 0 Å². The van der Waals surface area contributed by atoms with E-state index in [1.54, 1.807) is 0 Å². The number of aliphatic imine (C=N–C) groups is 1. The van der Waals surface area contributed by atoms with Gasteiger partial charge in [-0.25, -0.2) is 3.71 Å². The third kappa shape index (κ3) is 2.81. The van der Waals surface area contributed by atoms with Gasteiger partial charge < -0.3 is 10.8 Å². The molecule has 0 aromatic carbocycles. The number of primary amides is 1. The number of rotatable bonds is 4. The molecule has 0 saturated heterocycles. The number of hydrogen-bond acceptors (Lipinski definition) is 6. The average Bonchev–Trinajstić information content (AvgIpc) is 2.46. The Hall–Kier alpha value is -0.890. The summed E-state index contributed by atoms with van der Waals surface area (Å²) in [7, 11) is 0. The SMILES string of the molecule is NC(=O)CC(C(=O)O)C1N=CN(S)S1. The summed E-state index contributed by atoms with van der Waals surface area (Å²) in [6.07, 6.45) is 1.18. The van der Waals surface area contributed by atoms with Crippen LogP contribution in [0.2, 0.25) is 0 Å². The number of aliphatic carboxylic acids is 1. The Morgan fingerprint density at radius 2 is 2.43 bits per heavy atom. The van der Waals surface area contributed by atoms with E-state index in [1.807, 2.05) is 0 Å². The second-order valence-electron chi connectivity index (χ2n) is 2.68. The molecule has 0 radical (unpaired) electrons. The van der Waals surface area contributed by atoms with Crippen molar-refractivity contribution < 1.29 is 14.7 Å². The van der Waals surface area contributed by atoms with Gasteiger partial charge in [0.15, 0.2) is 0 Å². The first-order valence-corrected chi connectivity index (χ1v) is 4.93. The summed E-state index contributed by atoms with van der Waals surface area (Å²) >= 11 is 5.07. The van der Waals surface area contributed by atoms with Gasteiger partial charge in [-0.1, -0.05) is 12.8 Å². The van der Waals surface area contributed by atoms with Crippen LogP contribution in [-0.2, 0) is 9.59 Å². The van der Waals surface area contributed by atoms with Gasteiger partial charge in [0, 0.05) is 6.42 Å². The topological polar surface area (TPSA) is 96.0 Å². The Labute approximate surface area is 90.2 Å². The first kappa shape index (κ1) is 11.2. The van der Waals surface area contributed by atoms with Crippen LogP contribution in [0.1, 0.15) is 6.42 Å². The molecule has 1 aliphatic rings. The average molecular weight is 235 g/mol. The molecule has 3 N–H and O–H groups in total. The molecular weight excluding hydrogens is 226 g/mol. The molecule has 0 bridgehead atoms. The predicted octanol–water partition coefficient (Wildman–Crippen LogP) is -0.274. The maximum absolute atomic E-state index is 10.8. The van der Waals surface area contributed by atoms with Crippen LogP contribution in [0.4, 0.5) is 0 Å². The van der Waals surface area contributed by atoms with Crippen molar-refractivity contribution in [3.63, 3.8) is 0 Å². The normalized spacial score (nSPS) is 22.4. The summed E-state index contributed by atoms with van der Waals surface area (Å²) in [6, 6.07) is 0. The minimum Gasteiger partial charge on any atom is -0.481 e. The quantitative estimate of drug-likeness (QED) is 0.460. The Balaban J connectivity index is 2.64. The van der Waals surface area contributed by atoms with E-state index in [0.29, 0.717) is 0 Å². The molecule has 0 aliphatic carbocycles. The fourth-order valence-electron chi connectivity index (χ4n) is 0.992. The number of carbonyl (C=O) groups excluding carboxylic acids is 1. The summed E-state index contributed by atoms with van der Waals surface area (Å²) in [4.78, 5) is 25.3. The van der Waals surface area contributed by atoms with E-state index in [4.69, 9.17) is 10.8 Å². The number of thiol groups is 1. The third-order valence-corrected chi connectivity index (χ3v) is 2.97. The Bertz CT molecular complexity index is 283. The molecule has 2 atom stereocenters. The van der Waals surface area contributed by atoms with Crippen LogP contribution < -0.4 is 5.73 Å². The standard InChI is InChI=1S/C6H9N3O3S2/c7-4(10)1-3(6(11)12)5-8-2-9(13)14-5/h2-3,5,13H,1H2,(H2,7,10)(H,11,12). The molecule has 1 heterocycles. The summed E-state index contributed by atoms with van der Waals surface area (Å²) in [5, 5.41) is 8.30. The monoisotopic (exact) mass is 235 g/mol. The summed E-state index contributed by atoms with van der Waals surface area (Å²) in [5.74, 6) is -2.63. The highest BCUT2D eigenvalue weighted by Crippen LogP contribution is 2.31. The van der Waals surface area contributed by atoms with Crippen LogP contribution in [0, 0.1) is 5.92 Å². The molecular formula is C6H9N3O3S2. The van der Waals surface area contributed by atoms with Crippen molar-refractivity contribution >= 4 is 43.0 Å². The van der Waals surface area contributed by atoms with Gasteiger partial charge in [0.2, 0.25) is 5.91 Å². The van der Waals surface area contributed by atoms with E-state index in [0.717, 1.165) is 11.9 Å². The van der Waals surface area contributed by atoms with E-state index in [2.05, 4.69) is 17.8 Å². The van der Waals surface area contributed by atoms with Crippen LogP contribution in [0.15, 0.2) is 4.99 Å². The maximum atomic E-state index is 10.8. The second kappa shape index (κ2) is 4.56. The molecule has 14 heavy (non-hydrogen) atoms. The molecule has 1 aliphatic heterocycles. The number of amides is 1. The van der Waals surface area contributed by atoms with Crippen LogP contribution in [0.3, 0.4) is 0 Å². The molecule has 6 nitrogen and oxygen atoms in total. The van der Waals surface area contributed by atoms with Crippen molar-refractivity contribution in [2.45, 2.75) is 11.8 Å². The highest BCUT2D eigenvalue weighted by Gasteiger charge is 2.33. The zero-order chi connectivity index (χ0) is 10.7. The lowest BCUT2D eigenvalue weighted by Crippen LogP contribution is -2.29. The van der Waals surface area contributed by atoms with E-state index in [9.17, 15) is 9.59 Å². The lowest BCUT2D eigenvalue weighted by atomic mass is 10.1. The maximum Gasteiger partial charge on any atom is 0.310 e. The van der Waals surface area contributed by atoms with Crippen molar-refractivity contribution in [3.05, 3.63) is 0 Å². The first-order chi connectivity index (χ1) is 6.50. The minimum atomic E-state index is -1.08. The van der Waals surface area contributed by atoms with E-state index in [-0.39, 0.29) is 6.42 Å². The Morgan fingerprint density at radius 1 is 1.79 bits per heavy atom. The van der Waals surface area contributed by atoms with Gasteiger partial charge >= 0.3 is 5.97 Å². The largest absolute Gasteiger partial charge is 0.481 e. The zero-order valence-electron chi connectivity index (χ0n) is 7.03. The van der Waals surface area contributed by atoms with Crippen LogP contribution in [0.5, 0.6) is 0 Å². The highest BCUT2D eigenvalue weighted by atomic mass is 32.2. The van der Waals surface area contributed by atoms with Gasteiger partial charge in [0.05, 0.1) is 5.92 Å². The molecule has 78 valence electrons. The zero-order valence-corrected chi connectivity index (χ0v) is 8.74. The van der Waals surface area contributed by atoms with Crippen molar-refractivity contribution in [2.24, 2.45) is 16.6 Å². The lowest BCUT2D eigenvalue weighted by molar-refractivity contribution is -0.143. The molecule has 0 aromatic heterocycles. The summed E-state index contributed by atoms with van der Waals surface area (Å²) in [6.45, 7) is 0. The molecule has 0 spiro atoms. The highest BCUT2D eigenvalue weighted by molar-refractivity contribution is 8.06. The van der Waals surface area contributed by atoms with Gasteiger partial charge in [-0.05, 0) is 11.9 Å². The van der Waals surface area contributed by atoms with E-state index in [1.165, 1.54) is 10.0 Å². The van der Waals surface area contributed by atoms with E-state index >= 15 is 0 Å². The number of carboxylic acid groups (broad SMARTS) is 1. The molecule has 0 aromatic rings. The number of nitrogens with two attached hydrogens (primary N) is 1. The van der Waals surface area contributed by atoms with Gasteiger partial charge in [-0.2, -0.15) is 0 Å². The Kier molecular flexibility index (Phi) is 3.64. The summed E-state index contributed by atoms with van der Waals surface area (Å²) in [5.41, 5.74) is 4.94. The smallest absolute Gasteiger partial charge is 0.310 e. The van der Waals surface area contributed by atoms with Crippen molar-refractivity contribution in [2.75, 3.05) is 0 Å². The number of hydrogen-bond donors (Lipinski definition) is 3. The molecule has 0 saturated carbocycles. The molecule has 2 unspecified atom stereocenters. The molecule has 1 amide bonds. The van der Waals surface area contributed by atoms with E-state index < -0.39 is 23.2 Å². The van der Waals surface area contributed by atoms with Gasteiger partial charge in [0.25, 0.3) is 0 Å². The summed E-state index contributed by atoms with van der Waals surface area (Å²) < 4.78 is 1.39. The lowest BCUT2D eigenvalue weighted by Gasteiger charge is -2.14. The van der Waals surface area contributed by atoms with Crippen LogP contribution in [-0.4, -0.2) is 32.4 Å². The molecule has 8 heteroatoms. The fourth-order valence-corrected chi connectivity index (χ4v) is 2.14. The molecule has 1 rings (SSSR count). The minimum absolute atomic E-state index is 0.216. The van der Waals surface area contributed by atoms with Gasteiger partial charge in [-0.15, -0.1) is 0 Å². The first-order valence-electron chi connectivity index (χ1n) is 3.70. The predicted molar refractivity (Wildman–Crippen MR) is 55.6 cm³/mol. The Morgan fingerprint density at radius 3 is 2.79 bits per heavy atom. The number of carbonyl (C=O) groups is 2. The van der Waals surface area contributed by atoms with Crippen LogP contribution >= 0.6 is 24.8 Å².